The van der Waals surface area contributed by atoms with Crippen LogP contribution in [-0.4, -0.2) is 59.6 Å². The third kappa shape index (κ3) is 22.7. The van der Waals surface area contributed by atoms with Gasteiger partial charge in [0.2, 0.25) is 16.7 Å². The van der Waals surface area contributed by atoms with Crippen molar-refractivity contribution in [1.29, 1.82) is 0 Å². The van der Waals surface area contributed by atoms with Crippen LogP contribution in [0.15, 0.2) is 146 Å². The minimum absolute atomic E-state index is 0.0107. The molecule has 0 bridgehead atoms. The first kappa shape index (κ1) is 69.4. The Morgan fingerprint density at radius 1 is 0.443 bits per heavy atom. The van der Waals surface area contributed by atoms with Crippen LogP contribution in [0, 0.1) is 12.7 Å². The van der Waals surface area contributed by atoms with Gasteiger partial charge in [0, 0.05) is 16.2 Å². The molecular weight excluding hydrogens is 1110 g/mol. The molecule has 11 nitrogen and oxygen atoms in total. The van der Waals surface area contributed by atoms with Gasteiger partial charge in [0.05, 0.1) is 13.4 Å². The molecule has 0 amide bonds. The van der Waals surface area contributed by atoms with Crippen LogP contribution in [-0.2, 0) is 47.5 Å². The summed E-state index contributed by atoms with van der Waals surface area (Å²) in [6.07, 6.45) is 1.03. The van der Waals surface area contributed by atoms with E-state index in [1.54, 1.807) is 56.6 Å². The molecule has 0 spiro atoms. The highest BCUT2D eigenvalue weighted by Crippen LogP contribution is 2.40. The molecule has 0 saturated heterocycles. The number of halogens is 3. The van der Waals surface area contributed by atoms with Crippen molar-refractivity contribution in [2.75, 3.05) is 13.4 Å². The van der Waals surface area contributed by atoms with Gasteiger partial charge in [0.1, 0.15) is 28.8 Å². The predicted octanol–water partition coefficient (Wildman–Crippen LogP) is 15.8. The van der Waals surface area contributed by atoms with Gasteiger partial charge in [-0.3, -0.25) is 0 Å². The highest BCUT2D eigenvalue weighted by Gasteiger charge is 2.39. The Morgan fingerprint density at radius 3 is 0.949 bits per heavy atom. The van der Waals surface area contributed by atoms with E-state index in [4.69, 9.17) is 26.0 Å². The van der Waals surface area contributed by atoms with Crippen molar-refractivity contribution in [1.82, 2.24) is 0 Å². The molecule has 0 atom stereocenters. The van der Waals surface area contributed by atoms with Crippen molar-refractivity contribution >= 4 is 48.0 Å². The van der Waals surface area contributed by atoms with Crippen LogP contribution < -0.4 is 17.5 Å². The van der Waals surface area contributed by atoms with E-state index in [-0.39, 0.29) is 32.5 Å². The topological polar surface area (TPSA) is 156 Å². The number of ether oxygens (including phenoxy) is 1. The molecule has 0 radical (unpaired) electrons. The Hall–Kier alpha value is -5.74. The molecule has 0 aromatic heterocycles. The lowest BCUT2D eigenvalue weighted by molar-refractivity contribution is 0.414. The van der Waals surface area contributed by atoms with Crippen molar-refractivity contribution < 1.29 is 59.4 Å². The highest BCUT2D eigenvalue weighted by atomic mass is 32.3. The molecular formula is C60H81F3O11S3Si2. The Balaban J connectivity index is 0.000000367. The van der Waals surface area contributed by atoms with Gasteiger partial charge in [0.25, 0.3) is 0 Å². The molecule has 0 aliphatic rings. The van der Waals surface area contributed by atoms with E-state index in [9.17, 15) is 29.2 Å². The SMILES string of the molecule is CC(C)(C)[Si](C)(C)F.CC(C)(c1ccc(F)cc1)c1ccc(OS(=O)(=O)F)cc1.COc1ccc(C(C)(C)c2ccc(OS(C)(=O)=O)cc2)cc1.Cc1ccc(C(C)(C)c2ccc(O[Si](C)(C)C(C)(C)C)cc2)cc1.O=S(=O)=O. The normalized spacial score (nSPS) is 12.3. The molecule has 6 aromatic carbocycles. The Morgan fingerprint density at radius 2 is 0.696 bits per heavy atom. The lowest BCUT2D eigenvalue weighted by Gasteiger charge is -2.36. The van der Waals surface area contributed by atoms with E-state index < -0.39 is 53.4 Å². The maximum Gasteiger partial charge on any atom is 0.488 e. The van der Waals surface area contributed by atoms with Gasteiger partial charge >= 0.3 is 31.2 Å². The van der Waals surface area contributed by atoms with E-state index in [2.05, 4.69) is 121 Å². The van der Waals surface area contributed by atoms with E-state index >= 15 is 0 Å². The van der Waals surface area contributed by atoms with E-state index in [1.807, 2.05) is 71.0 Å². The molecule has 0 aliphatic carbocycles. The summed E-state index contributed by atoms with van der Waals surface area (Å²) in [6, 6.07) is 44.7. The van der Waals surface area contributed by atoms with Gasteiger partial charge in [-0.1, -0.05) is 177 Å². The van der Waals surface area contributed by atoms with Gasteiger partial charge < -0.3 is 21.6 Å². The van der Waals surface area contributed by atoms with Crippen LogP contribution in [0.5, 0.6) is 23.0 Å². The number of benzene rings is 6. The number of hydrogen-bond acceptors (Lipinski definition) is 11. The fourth-order valence-corrected chi connectivity index (χ4v) is 8.71. The standard InChI is InChI=1S/C22H32OSi.C17H20O4S.C15H14F2O3S.C6H15FSi.O3S/c1-17-9-11-18(12-10-17)22(5,6)19-13-15-20(16-14-19)23-24(7,8)21(2,3)4;1-17(2,13-5-9-15(20-3)10-6-13)14-7-11-16(12-8-14)21-22(4,18)19;1-15(2,11-3-7-13(16)8-4-11)12-5-9-14(10-6-12)20-21(17,18)19;1-6(2,3)8(4,5)7;1-4(2)3/h9-16H,1-8H3;5-12H,1-4H3;3-10H,1-2H3;1-5H3;. The summed E-state index contributed by atoms with van der Waals surface area (Å²) in [7, 11) is -14.1. The minimum Gasteiger partial charge on any atom is -0.544 e. The third-order valence-corrected chi connectivity index (χ3v) is 23.1. The molecule has 0 aliphatic heterocycles. The fraction of sp³-hybridized carbons (Fsp3) is 0.400. The molecule has 0 fully saturated rings. The second-order valence-electron chi connectivity index (χ2n) is 23.6. The second kappa shape index (κ2) is 27.6. The summed E-state index contributed by atoms with van der Waals surface area (Å²) in [4.78, 5) is 0. The molecule has 434 valence electrons. The first-order valence-electron chi connectivity index (χ1n) is 25.3. The van der Waals surface area contributed by atoms with Crippen LogP contribution in [0.4, 0.5) is 12.4 Å². The average Bonchev–Trinajstić information content (AvgIpc) is 3.31. The lowest BCUT2D eigenvalue weighted by atomic mass is 9.78. The van der Waals surface area contributed by atoms with Gasteiger partial charge in [0.15, 0.2) is 0 Å². The summed E-state index contributed by atoms with van der Waals surface area (Å²) in [5.41, 5.74) is 7.28. The van der Waals surface area contributed by atoms with Crippen LogP contribution >= 0.6 is 0 Å². The second-order valence-corrected chi connectivity index (χ2v) is 35.7. The molecule has 6 rings (SSSR count). The van der Waals surface area contributed by atoms with Crippen molar-refractivity contribution in [3.63, 3.8) is 0 Å². The van der Waals surface area contributed by atoms with Crippen LogP contribution in [0.3, 0.4) is 0 Å². The van der Waals surface area contributed by atoms with E-state index in [0.717, 1.165) is 40.0 Å². The largest absolute Gasteiger partial charge is 0.544 e. The maximum atomic E-state index is 13.0. The molecule has 79 heavy (non-hydrogen) atoms. The minimum atomic E-state index is -5.02. The smallest absolute Gasteiger partial charge is 0.488 e. The molecule has 0 heterocycles. The summed E-state index contributed by atoms with van der Waals surface area (Å²) >= 11 is 0. The zero-order chi connectivity index (χ0) is 60.8. The van der Waals surface area contributed by atoms with Gasteiger partial charge in [-0.25, -0.2) is 4.39 Å². The zero-order valence-corrected chi connectivity index (χ0v) is 53.7. The monoisotopic (exact) mass is 1190 g/mol. The van der Waals surface area contributed by atoms with Crippen molar-refractivity contribution in [2.45, 2.75) is 143 Å². The van der Waals surface area contributed by atoms with Crippen LogP contribution in [0.1, 0.15) is 122 Å². The summed E-state index contributed by atoms with van der Waals surface area (Å²) in [5, 5.41) is 0.125. The average molecular weight is 1190 g/mol. The van der Waals surface area contributed by atoms with Gasteiger partial charge in [-0.15, -0.1) is 12.6 Å². The number of aryl methyl sites for hydroxylation is 1. The van der Waals surface area contributed by atoms with E-state index in [1.165, 1.54) is 41.0 Å². The lowest BCUT2D eigenvalue weighted by Crippen LogP contribution is -2.43. The van der Waals surface area contributed by atoms with Gasteiger partial charge in [-0.05, 0) is 137 Å². The maximum absolute atomic E-state index is 13.0. The molecule has 6 aromatic rings. The van der Waals surface area contributed by atoms with Crippen molar-refractivity contribution in [2.24, 2.45) is 0 Å². The highest BCUT2D eigenvalue weighted by molar-refractivity contribution is 7.86. The quantitative estimate of drug-likeness (QED) is 0.0469. The van der Waals surface area contributed by atoms with Crippen molar-refractivity contribution in [3.8, 4) is 23.0 Å². The zero-order valence-electron chi connectivity index (χ0n) is 49.2. The molecule has 0 unspecified atom stereocenters. The van der Waals surface area contributed by atoms with Crippen molar-refractivity contribution in [3.05, 3.63) is 190 Å². The third-order valence-electron chi connectivity index (χ3n) is 14.3. The van der Waals surface area contributed by atoms with E-state index in [0.29, 0.717) is 5.75 Å². The predicted molar refractivity (Wildman–Crippen MR) is 318 cm³/mol. The summed E-state index contributed by atoms with van der Waals surface area (Å²) in [6.45, 7) is 35.6. The fourth-order valence-electron chi connectivity index (χ4n) is 6.88. The molecule has 19 heteroatoms. The molecule has 0 saturated carbocycles. The Labute approximate surface area is 473 Å². The Kier molecular flexibility index (Phi) is 24.3. The number of hydrogen-bond donors (Lipinski definition) is 0. The number of methoxy groups -OCH3 is 1. The van der Waals surface area contributed by atoms with Crippen LogP contribution in [0.2, 0.25) is 36.3 Å². The molecule has 0 N–H and O–H groups in total. The Bertz CT molecular complexity index is 3190. The van der Waals surface area contributed by atoms with Gasteiger partial charge in [-0.2, -0.15) is 16.8 Å². The first-order chi connectivity index (χ1) is 35.8. The summed E-state index contributed by atoms with van der Waals surface area (Å²) < 4.78 is 127. The number of rotatable bonds is 13. The first-order valence-corrected chi connectivity index (χ1v) is 35.2. The summed E-state index contributed by atoms with van der Waals surface area (Å²) in [5.74, 6) is 1.71. The van der Waals surface area contributed by atoms with Crippen LogP contribution in [0.25, 0.3) is 0 Å².